The minimum atomic E-state index is -0.323. The number of anilines is 3. The van der Waals surface area contributed by atoms with Gasteiger partial charge in [0.2, 0.25) is 0 Å². The molecule has 170 valence electrons. The lowest BCUT2D eigenvalue weighted by atomic mass is 10.1. The van der Waals surface area contributed by atoms with Crippen molar-refractivity contribution in [3.8, 4) is 0 Å². The predicted octanol–water partition coefficient (Wildman–Crippen LogP) is 7.03. The Morgan fingerprint density at radius 3 is 2.13 bits per heavy atom. The van der Waals surface area contributed by atoms with E-state index in [-0.39, 0.29) is 11.5 Å². The van der Waals surface area contributed by atoms with Gasteiger partial charge in [0.05, 0.1) is 11.4 Å². The molecular weight excluding hydrogens is 419 g/mol. The zero-order valence-corrected chi connectivity index (χ0v) is 20.6. The number of nitrogens with two attached hydrogens (primary N) is 2. The number of aryl methyl sites for hydroxylation is 1. The highest BCUT2D eigenvalue weighted by molar-refractivity contribution is 7.19. The molecule has 0 fully saturated rings. The van der Waals surface area contributed by atoms with Crippen LogP contribution in [0.15, 0.2) is 18.2 Å². The van der Waals surface area contributed by atoms with Crippen LogP contribution in [0.4, 0.5) is 20.9 Å². The van der Waals surface area contributed by atoms with Crippen molar-refractivity contribution in [1.82, 2.24) is 4.98 Å². The lowest BCUT2D eigenvalue weighted by Gasteiger charge is -2.27. The molecule has 0 aliphatic carbocycles. The topological polar surface area (TPSA) is 68.2 Å². The van der Waals surface area contributed by atoms with E-state index in [1.807, 2.05) is 6.07 Å². The lowest BCUT2D eigenvalue weighted by molar-refractivity contribution is 0.534. The van der Waals surface area contributed by atoms with Gasteiger partial charge in [-0.15, -0.1) is 0 Å². The molecule has 7 heteroatoms. The summed E-state index contributed by atoms with van der Waals surface area (Å²) in [4.78, 5) is 6.38. The first-order valence-electron chi connectivity index (χ1n) is 10.8. The molecule has 0 aliphatic heterocycles. The number of thiazole rings is 1. The molecule has 2 rings (SSSR count). The Hall–Kier alpha value is -1.53. The Morgan fingerprint density at radius 2 is 1.70 bits per heavy atom. The van der Waals surface area contributed by atoms with Crippen LogP contribution in [0.2, 0.25) is 4.34 Å². The van der Waals surface area contributed by atoms with Gasteiger partial charge in [-0.1, -0.05) is 64.0 Å². The maximum atomic E-state index is 13.6. The van der Waals surface area contributed by atoms with Crippen LogP contribution in [0.3, 0.4) is 0 Å². The molecule has 1 aromatic carbocycles. The van der Waals surface area contributed by atoms with Gasteiger partial charge >= 0.3 is 0 Å². The van der Waals surface area contributed by atoms with Crippen LogP contribution in [0.5, 0.6) is 0 Å². The molecule has 0 aliphatic rings. The summed E-state index contributed by atoms with van der Waals surface area (Å²) < 4.78 is 14.3. The first-order valence-corrected chi connectivity index (χ1v) is 12.0. The Balaban J connectivity index is 0.000000346. The van der Waals surface area contributed by atoms with Crippen LogP contribution in [0.1, 0.15) is 66.0 Å². The van der Waals surface area contributed by atoms with Crippen molar-refractivity contribution in [2.45, 2.75) is 66.7 Å². The largest absolute Gasteiger partial charge is 0.396 e. The van der Waals surface area contributed by atoms with Crippen LogP contribution in [-0.2, 0) is 6.42 Å². The van der Waals surface area contributed by atoms with Crippen LogP contribution in [-0.4, -0.2) is 18.1 Å². The van der Waals surface area contributed by atoms with Crippen molar-refractivity contribution in [3.63, 3.8) is 0 Å². The monoisotopic (exact) mass is 456 g/mol. The Morgan fingerprint density at radius 1 is 1.10 bits per heavy atom. The molecule has 0 atom stereocenters. The van der Waals surface area contributed by atoms with Crippen LogP contribution >= 0.6 is 22.9 Å². The number of hydrogen-bond acceptors (Lipinski definition) is 5. The van der Waals surface area contributed by atoms with E-state index in [9.17, 15) is 4.39 Å². The summed E-state index contributed by atoms with van der Waals surface area (Å²) in [7, 11) is 0. The first kappa shape index (κ1) is 26.5. The number of aromatic nitrogens is 1. The van der Waals surface area contributed by atoms with E-state index < -0.39 is 0 Å². The molecule has 30 heavy (non-hydrogen) atoms. The van der Waals surface area contributed by atoms with Gasteiger partial charge in [-0.25, -0.2) is 9.37 Å². The van der Waals surface area contributed by atoms with Crippen LogP contribution < -0.4 is 16.4 Å². The Bertz CT molecular complexity index is 737. The van der Waals surface area contributed by atoms with Crippen LogP contribution in [0.25, 0.3) is 0 Å². The third-order valence-corrected chi connectivity index (χ3v) is 5.90. The van der Waals surface area contributed by atoms with E-state index >= 15 is 0 Å². The van der Waals surface area contributed by atoms with E-state index in [4.69, 9.17) is 23.1 Å². The van der Waals surface area contributed by atoms with Gasteiger partial charge in [0, 0.05) is 18.8 Å². The molecule has 0 unspecified atom stereocenters. The van der Waals surface area contributed by atoms with Crippen molar-refractivity contribution < 1.29 is 4.39 Å². The lowest BCUT2D eigenvalue weighted by Crippen LogP contribution is -2.27. The Kier molecular flexibility index (Phi) is 12.1. The molecule has 1 aromatic heterocycles. The molecule has 4 nitrogen and oxygen atoms in total. The van der Waals surface area contributed by atoms with Crippen molar-refractivity contribution in [1.29, 1.82) is 0 Å². The second-order valence-corrected chi connectivity index (χ2v) is 10.1. The van der Waals surface area contributed by atoms with Gasteiger partial charge in [0.25, 0.3) is 0 Å². The molecule has 2 aromatic rings. The number of nitrogen functional groups attached to an aromatic ring is 2. The van der Waals surface area contributed by atoms with E-state index in [1.165, 1.54) is 11.3 Å². The fraction of sp³-hybridized carbons (Fsp3) is 0.609. The summed E-state index contributed by atoms with van der Waals surface area (Å²) in [5.74, 6) is 0.983. The molecule has 0 radical (unpaired) electrons. The molecule has 0 saturated heterocycles. The summed E-state index contributed by atoms with van der Waals surface area (Å²) in [6, 6.07) is 5.12. The fourth-order valence-corrected chi connectivity index (χ4v) is 3.74. The van der Waals surface area contributed by atoms with Crippen LogP contribution in [0, 0.1) is 17.7 Å². The summed E-state index contributed by atoms with van der Waals surface area (Å²) >= 11 is 7.21. The SMILES string of the molecule is CC(C)CCN(CCC(C)C)c1ccc(N)c(F)c1.CCCCc1nc(N)sc1Cl. The van der Waals surface area contributed by atoms with Crippen molar-refractivity contribution >= 4 is 39.4 Å². The number of hydrogen-bond donors (Lipinski definition) is 2. The normalized spacial score (nSPS) is 11.0. The van der Waals surface area contributed by atoms with E-state index in [2.05, 4.69) is 44.5 Å². The standard InChI is InChI=1S/C16H27FN2.C7H11ClN2S/c1-12(2)7-9-19(10-8-13(3)4)14-5-6-16(18)15(17)11-14;1-2-3-4-5-6(8)11-7(9)10-5/h5-6,11-13H,7-10,18H2,1-4H3;2-4H2,1H3,(H2,9,10). The average Bonchev–Trinajstić information content (AvgIpc) is 2.99. The fourth-order valence-electron chi connectivity index (χ4n) is 2.76. The second-order valence-electron chi connectivity index (χ2n) is 8.43. The minimum absolute atomic E-state index is 0.219. The number of unbranched alkanes of at least 4 members (excludes halogenated alkanes) is 1. The van der Waals surface area contributed by atoms with Gasteiger partial charge in [0.1, 0.15) is 10.2 Å². The minimum Gasteiger partial charge on any atom is -0.396 e. The number of benzene rings is 1. The second kappa shape index (κ2) is 13.7. The highest BCUT2D eigenvalue weighted by Gasteiger charge is 2.10. The van der Waals surface area contributed by atoms with Gasteiger partial charge in [0.15, 0.2) is 5.13 Å². The van der Waals surface area contributed by atoms with E-state index in [1.54, 1.807) is 12.1 Å². The molecule has 1 heterocycles. The maximum Gasteiger partial charge on any atom is 0.181 e. The first-order chi connectivity index (χ1) is 14.1. The molecule has 0 saturated carbocycles. The molecule has 4 N–H and O–H groups in total. The smallest absolute Gasteiger partial charge is 0.181 e. The van der Waals surface area contributed by atoms with E-state index in [0.29, 0.717) is 17.0 Å². The molecule has 0 spiro atoms. The molecule has 0 amide bonds. The maximum absolute atomic E-state index is 13.6. The number of rotatable bonds is 10. The summed E-state index contributed by atoms with van der Waals surface area (Å²) in [6.07, 6.45) is 5.47. The van der Waals surface area contributed by atoms with Gasteiger partial charge < -0.3 is 16.4 Å². The summed E-state index contributed by atoms with van der Waals surface area (Å²) in [5, 5.41) is 0.570. The number of nitrogens with zero attached hydrogens (tertiary/aromatic N) is 2. The zero-order valence-electron chi connectivity index (χ0n) is 19.0. The van der Waals surface area contributed by atoms with Crippen molar-refractivity contribution in [2.24, 2.45) is 11.8 Å². The highest BCUT2D eigenvalue weighted by atomic mass is 35.5. The van der Waals surface area contributed by atoms with Gasteiger partial charge in [-0.2, -0.15) is 0 Å². The predicted molar refractivity (Wildman–Crippen MR) is 132 cm³/mol. The third-order valence-electron chi connectivity index (χ3n) is 4.74. The van der Waals surface area contributed by atoms with Crippen molar-refractivity contribution in [3.05, 3.63) is 34.0 Å². The summed E-state index contributed by atoms with van der Waals surface area (Å²) in [5.41, 5.74) is 13.1. The van der Waals surface area contributed by atoms with Crippen molar-refractivity contribution in [2.75, 3.05) is 29.5 Å². The zero-order chi connectivity index (χ0) is 22.7. The Labute approximate surface area is 190 Å². The van der Waals surface area contributed by atoms with E-state index in [0.717, 1.165) is 60.9 Å². The third kappa shape index (κ3) is 9.98. The quantitative estimate of drug-likeness (QED) is 0.376. The molecule has 0 bridgehead atoms. The van der Waals surface area contributed by atoms with Gasteiger partial charge in [-0.3, -0.25) is 0 Å². The molecular formula is C23H38ClFN4S. The highest BCUT2D eigenvalue weighted by Crippen LogP contribution is 2.26. The average molecular weight is 457 g/mol. The van der Waals surface area contributed by atoms with Gasteiger partial charge in [-0.05, 0) is 55.7 Å². The number of halogens is 2. The summed E-state index contributed by atoms with van der Waals surface area (Å²) in [6.45, 7) is 12.9.